The number of rotatable bonds is 6. The van der Waals surface area contributed by atoms with Crippen LogP contribution in [0.5, 0.6) is 0 Å². The van der Waals surface area contributed by atoms with Crippen molar-refractivity contribution in [2.45, 2.75) is 32.6 Å². The van der Waals surface area contributed by atoms with Crippen molar-refractivity contribution in [3.8, 4) is 0 Å². The van der Waals surface area contributed by atoms with Gasteiger partial charge in [0, 0.05) is 37.1 Å². The van der Waals surface area contributed by atoms with Crippen LogP contribution in [0.15, 0.2) is 0 Å². The van der Waals surface area contributed by atoms with Crippen LogP contribution in [0.2, 0.25) is 0 Å². The number of carbonyl (C=O) groups is 1. The molecule has 1 fully saturated rings. The van der Waals surface area contributed by atoms with Gasteiger partial charge in [0.15, 0.2) is 5.13 Å². The van der Waals surface area contributed by atoms with Crippen LogP contribution in [0.4, 0.5) is 5.13 Å². The van der Waals surface area contributed by atoms with Crippen molar-refractivity contribution in [1.82, 2.24) is 9.88 Å². The van der Waals surface area contributed by atoms with Crippen LogP contribution in [-0.4, -0.2) is 54.3 Å². The highest BCUT2D eigenvalue weighted by Crippen LogP contribution is 2.33. The van der Waals surface area contributed by atoms with Crippen molar-refractivity contribution >= 4 is 22.4 Å². The third-order valence-electron chi connectivity index (χ3n) is 4.41. The third-order valence-corrected chi connectivity index (χ3v) is 5.39. The standard InChI is InChI=1S/C15H25N3O3S/c1-11-12(22-14(16)17-11)8-13(20)18-6-3-4-15(9-18,10-19)5-7-21-2/h19H,3-10H2,1-2H3,(H2,16,17)/t15-/m1/s1. The quantitative estimate of drug-likeness (QED) is 0.820. The molecule has 1 aliphatic heterocycles. The Morgan fingerprint density at radius 1 is 1.59 bits per heavy atom. The van der Waals surface area contributed by atoms with Gasteiger partial charge >= 0.3 is 0 Å². The lowest BCUT2D eigenvalue weighted by Crippen LogP contribution is -2.48. The van der Waals surface area contributed by atoms with Gasteiger partial charge in [-0.1, -0.05) is 0 Å². The number of hydrogen-bond acceptors (Lipinski definition) is 6. The first-order chi connectivity index (χ1) is 10.5. The first-order valence-corrected chi connectivity index (χ1v) is 8.41. The van der Waals surface area contributed by atoms with E-state index in [0.717, 1.165) is 36.4 Å². The number of aliphatic hydroxyl groups is 1. The van der Waals surface area contributed by atoms with E-state index in [1.54, 1.807) is 7.11 Å². The predicted molar refractivity (Wildman–Crippen MR) is 86.8 cm³/mol. The fourth-order valence-electron chi connectivity index (χ4n) is 3.02. The number of thiazole rings is 1. The summed E-state index contributed by atoms with van der Waals surface area (Å²) < 4.78 is 5.15. The van der Waals surface area contributed by atoms with Crippen molar-refractivity contribution in [3.63, 3.8) is 0 Å². The Morgan fingerprint density at radius 3 is 2.95 bits per heavy atom. The number of anilines is 1. The average molecular weight is 327 g/mol. The number of aromatic nitrogens is 1. The molecule has 2 rings (SSSR count). The van der Waals surface area contributed by atoms with E-state index < -0.39 is 0 Å². The van der Waals surface area contributed by atoms with E-state index >= 15 is 0 Å². The van der Waals surface area contributed by atoms with Gasteiger partial charge in [-0.05, 0) is 26.2 Å². The summed E-state index contributed by atoms with van der Waals surface area (Å²) in [6.45, 7) is 3.92. The van der Waals surface area contributed by atoms with Crippen LogP contribution < -0.4 is 5.73 Å². The first-order valence-electron chi connectivity index (χ1n) is 7.59. The van der Waals surface area contributed by atoms with Crippen molar-refractivity contribution < 1.29 is 14.6 Å². The zero-order chi connectivity index (χ0) is 16.2. The summed E-state index contributed by atoms with van der Waals surface area (Å²) >= 11 is 1.38. The molecule has 0 bridgehead atoms. The molecule has 6 nitrogen and oxygen atoms in total. The van der Waals surface area contributed by atoms with Crippen molar-refractivity contribution in [1.29, 1.82) is 0 Å². The van der Waals surface area contributed by atoms with Crippen molar-refractivity contribution in [2.24, 2.45) is 5.41 Å². The lowest BCUT2D eigenvalue weighted by molar-refractivity contribution is -0.135. The van der Waals surface area contributed by atoms with Gasteiger partial charge in [-0.3, -0.25) is 4.79 Å². The highest BCUT2D eigenvalue weighted by Gasteiger charge is 2.36. The number of nitrogens with two attached hydrogens (primary N) is 1. The molecule has 1 aliphatic rings. The second-order valence-corrected chi connectivity index (χ2v) is 7.17. The van der Waals surface area contributed by atoms with Crippen LogP contribution in [0.1, 0.15) is 29.8 Å². The maximum Gasteiger partial charge on any atom is 0.227 e. The van der Waals surface area contributed by atoms with Gasteiger partial charge in [-0.2, -0.15) is 0 Å². The molecule has 3 N–H and O–H groups in total. The second-order valence-electron chi connectivity index (χ2n) is 6.06. The average Bonchev–Trinajstić information content (AvgIpc) is 2.83. The Hall–Kier alpha value is -1.18. The molecule has 1 amide bonds. The molecule has 0 aliphatic carbocycles. The molecule has 0 radical (unpaired) electrons. The molecule has 1 aromatic heterocycles. The Morgan fingerprint density at radius 2 is 2.36 bits per heavy atom. The summed E-state index contributed by atoms with van der Waals surface area (Å²) in [5.41, 5.74) is 6.29. The molecule has 124 valence electrons. The smallest absolute Gasteiger partial charge is 0.227 e. The molecule has 2 heterocycles. The largest absolute Gasteiger partial charge is 0.396 e. The Labute approximate surface area is 135 Å². The van der Waals surface area contributed by atoms with Crippen LogP contribution in [0.25, 0.3) is 0 Å². The number of carbonyl (C=O) groups excluding carboxylic acids is 1. The summed E-state index contributed by atoms with van der Waals surface area (Å²) in [6, 6.07) is 0. The molecular formula is C15H25N3O3S. The molecular weight excluding hydrogens is 302 g/mol. The molecule has 1 aromatic rings. The second kappa shape index (κ2) is 7.39. The van der Waals surface area contributed by atoms with E-state index in [1.807, 2.05) is 11.8 Å². The number of piperidine rings is 1. The minimum atomic E-state index is -0.230. The number of methoxy groups -OCH3 is 1. The van der Waals surface area contributed by atoms with E-state index in [-0.39, 0.29) is 17.9 Å². The molecule has 1 atom stereocenters. The lowest BCUT2D eigenvalue weighted by atomic mass is 9.78. The molecule has 0 unspecified atom stereocenters. The van der Waals surface area contributed by atoms with E-state index in [1.165, 1.54) is 11.3 Å². The van der Waals surface area contributed by atoms with Gasteiger partial charge in [0.1, 0.15) is 0 Å². The Balaban J connectivity index is 2.01. The number of likely N-dealkylation sites (tertiary alicyclic amines) is 1. The van der Waals surface area contributed by atoms with Crippen LogP contribution in [-0.2, 0) is 16.0 Å². The maximum atomic E-state index is 12.6. The normalized spacial score (nSPS) is 22.0. The summed E-state index contributed by atoms with van der Waals surface area (Å²) in [6.07, 6.45) is 2.96. The SMILES string of the molecule is COCC[C@]1(CO)CCCN(C(=O)Cc2sc(N)nc2C)C1. The number of nitrogens with zero attached hydrogens (tertiary/aromatic N) is 2. The lowest BCUT2D eigenvalue weighted by Gasteiger charge is -2.42. The van der Waals surface area contributed by atoms with Gasteiger partial charge < -0.3 is 20.5 Å². The Bertz CT molecular complexity index is 520. The van der Waals surface area contributed by atoms with E-state index in [2.05, 4.69) is 4.98 Å². The number of aryl methyl sites for hydroxylation is 1. The number of ether oxygens (including phenoxy) is 1. The summed E-state index contributed by atoms with van der Waals surface area (Å²) in [5, 5.41) is 10.3. The van der Waals surface area contributed by atoms with Crippen LogP contribution in [0, 0.1) is 12.3 Å². The molecule has 7 heteroatoms. The first kappa shape index (κ1) is 17.2. The molecule has 1 saturated heterocycles. The molecule has 0 aromatic carbocycles. The number of nitrogen functional groups attached to an aromatic ring is 1. The zero-order valence-electron chi connectivity index (χ0n) is 13.3. The minimum Gasteiger partial charge on any atom is -0.396 e. The summed E-state index contributed by atoms with van der Waals surface area (Å²) in [7, 11) is 1.66. The van der Waals surface area contributed by atoms with Gasteiger partial charge in [-0.15, -0.1) is 11.3 Å². The molecule has 0 spiro atoms. The van der Waals surface area contributed by atoms with E-state index in [9.17, 15) is 9.90 Å². The molecule has 22 heavy (non-hydrogen) atoms. The zero-order valence-corrected chi connectivity index (χ0v) is 14.1. The van der Waals surface area contributed by atoms with E-state index in [0.29, 0.717) is 24.7 Å². The number of aliphatic hydroxyl groups excluding tert-OH is 1. The highest BCUT2D eigenvalue weighted by molar-refractivity contribution is 7.15. The maximum absolute atomic E-state index is 12.6. The highest BCUT2D eigenvalue weighted by atomic mass is 32.1. The number of amides is 1. The van der Waals surface area contributed by atoms with Crippen LogP contribution in [0.3, 0.4) is 0 Å². The van der Waals surface area contributed by atoms with Crippen LogP contribution >= 0.6 is 11.3 Å². The van der Waals surface area contributed by atoms with Crippen molar-refractivity contribution in [3.05, 3.63) is 10.6 Å². The third kappa shape index (κ3) is 3.97. The summed E-state index contributed by atoms with van der Waals surface area (Å²) in [4.78, 5) is 19.5. The van der Waals surface area contributed by atoms with Crippen molar-refractivity contribution in [2.75, 3.05) is 39.1 Å². The minimum absolute atomic E-state index is 0.0849. The van der Waals surface area contributed by atoms with Gasteiger partial charge in [0.05, 0.1) is 18.7 Å². The molecule has 0 saturated carbocycles. The van der Waals surface area contributed by atoms with Gasteiger partial charge in [-0.25, -0.2) is 4.98 Å². The monoisotopic (exact) mass is 327 g/mol. The van der Waals surface area contributed by atoms with Gasteiger partial charge in [0.2, 0.25) is 5.91 Å². The number of hydrogen-bond donors (Lipinski definition) is 2. The Kier molecular flexibility index (Phi) is 5.77. The summed E-state index contributed by atoms with van der Waals surface area (Å²) in [5.74, 6) is 0.0849. The fourth-order valence-corrected chi connectivity index (χ4v) is 3.84. The topological polar surface area (TPSA) is 88.7 Å². The predicted octanol–water partition coefficient (Wildman–Crippen LogP) is 1.21. The fraction of sp³-hybridized carbons (Fsp3) is 0.733. The van der Waals surface area contributed by atoms with E-state index in [4.69, 9.17) is 10.5 Å². The van der Waals surface area contributed by atoms with Gasteiger partial charge in [0.25, 0.3) is 0 Å².